The zero-order valence-corrected chi connectivity index (χ0v) is 9.43. The molecule has 1 amide bonds. The van der Waals surface area contributed by atoms with Crippen LogP contribution in [0.2, 0.25) is 0 Å². The minimum absolute atomic E-state index is 0.00673. The van der Waals surface area contributed by atoms with Crippen molar-refractivity contribution in [2.24, 2.45) is 5.92 Å². The molecule has 17 heavy (non-hydrogen) atoms. The zero-order chi connectivity index (χ0) is 12.3. The molecule has 2 rings (SSSR count). The fraction of sp³-hybridized carbons (Fsp3) is 0.700. The summed E-state index contributed by atoms with van der Waals surface area (Å²) in [4.78, 5) is 11.8. The molecular weight excluding hydrogens is 224 g/mol. The maximum atomic E-state index is 11.8. The number of nitrogen functional groups attached to an aromatic ring is 1. The van der Waals surface area contributed by atoms with Crippen LogP contribution in [-0.2, 0) is 0 Å². The van der Waals surface area contributed by atoms with Gasteiger partial charge in [-0.15, -0.1) is 0 Å². The second-order valence-electron chi connectivity index (χ2n) is 4.31. The first-order valence-electron chi connectivity index (χ1n) is 5.72. The second-order valence-corrected chi connectivity index (χ2v) is 4.31. The van der Waals surface area contributed by atoms with Crippen molar-refractivity contribution in [1.82, 2.24) is 15.6 Å². The summed E-state index contributed by atoms with van der Waals surface area (Å²) in [6, 6.07) is -0.0302. The highest BCUT2D eigenvalue weighted by Gasteiger charge is 2.27. The van der Waals surface area contributed by atoms with E-state index in [2.05, 4.69) is 20.3 Å². The van der Waals surface area contributed by atoms with Gasteiger partial charge in [0, 0.05) is 18.6 Å². The summed E-state index contributed by atoms with van der Waals surface area (Å²) >= 11 is 0. The van der Waals surface area contributed by atoms with Crippen molar-refractivity contribution in [1.29, 1.82) is 0 Å². The van der Waals surface area contributed by atoms with E-state index in [0.717, 1.165) is 25.7 Å². The molecule has 2 atom stereocenters. The van der Waals surface area contributed by atoms with E-state index in [0.29, 0.717) is 0 Å². The number of carbonyl (C=O) groups is 1. The Bertz CT molecular complexity index is 393. The van der Waals surface area contributed by atoms with E-state index in [4.69, 9.17) is 5.73 Å². The number of nitrogens with zero attached hydrogens (tertiary/aromatic N) is 2. The molecule has 4 N–H and O–H groups in total. The highest BCUT2D eigenvalue weighted by atomic mass is 16.6. The van der Waals surface area contributed by atoms with Crippen LogP contribution in [0.4, 0.5) is 5.82 Å². The maximum absolute atomic E-state index is 11.8. The van der Waals surface area contributed by atoms with Gasteiger partial charge in [-0.25, -0.2) is 4.63 Å². The van der Waals surface area contributed by atoms with Crippen LogP contribution < -0.4 is 11.1 Å². The van der Waals surface area contributed by atoms with Crippen LogP contribution in [0.1, 0.15) is 36.2 Å². The van der Waals surface area contributed by atoms with Crippen LogP contribution in [-0.4, -0.2) is 34.0 Å². The van der Waals surface area contributed by atoms with E-state index < -0.39 is 5.91 Å². The number of amides is 1. The molecule has 94 valence electrons. The fourth-order valence-electron chi connectivity index (χ4n) is 2.21. The summed E-state index contributed by atoms with van der Waals surface area (Å²) in [6.07, 6.45) is 3.93. The van der Waals surface area contributed by atoms with Gasteiger partial charge in [0.2, 0.25) is 11.5 Å². The molecule has 0 aromatic carbocycles. The third-order valence-electron chi connectivity index (χ3n) is 3.19. The Kier molecular flexibility index (Phi) is 3.58. The highest BCUT2D eigenvalue weighted by molar-refractivity contribution is 5.96. The molecule has 1 aliphatic carbocycles. The van der Waals surface area contributed by atoms with E-state index in [9.17, 15) is 9.90 Å². The molecule has 0 aliphatic heterocycles. The number of hydrogen-bond acceptors (Lipinski definition) is 6. The van der Waals surface area contributed by atoms with Crippen LogP contribution in [0, 0.1) is 5.92 Å². The lowest BCUT2D eigenvalue weighted by Gasteiger charge is -2.30. The molecule has 7 heteroatoms. The lowest BCUT2D eigenvalue weighted by Crippen LogP contribution is -2.43. The third-order valence-corrected chi connectivity index (χ3v) is 3.19. The molecule has 2 unspecified atom stereocenters. The van der Waals surface area contributed by atoms with E-state index >= 15 is 0 Å². The Morgan fingerprint density at radius 2 is 2.24 bits per heavy atom. The number of nitrogens with one attached hydrogen (secondary N) is 1. The molecule has 0 bridgehead atoms. The first-order chi connectivity index (χ1) is 8.22. The minimum Gasteiger partial charge on any atom is -0.396 e. The molecule has 1 heterocycles. The summed E-state index contributed by atoms with van der Waals surface area (Å²) in [5.74, 6) is -0.304. The summed E-state index contributed by atoms with van der Waals surface area (Å²) in [5, 5.41) is 18.9. The SMILES string of the molecule is Nc1nonc1C(=O)NC1CCCCC1CO. The number of hydrogen-bond donors (Lipinski definition) is 3. The van der Waals surface area contributed by atoms with Crippen LogP contribution >= 0.6 is 0 Å². The number of anilines is 1. The number of nitrogens with two attached hydrogens (primary N) is 1. The van der Waals surface area contributed by atoms with Gasteiger partial charge in [0.1, 0.15) is 0 Å². The number of aliphatic hydroxyl groups excluding tert-OH is 1. The van der Waals surface area contributed by atoms with Gasteiger partial charge < -0.3 is 16.2 Å². The average Bonchev–Trinajstić information content (AvgIpc) is 2.76. The van der Waals surface area contributed by atoms with Gasteiger partial charge >= 0.3 is 0 Å². The molecule has 1 fully saturated rings. The number of aliphatic hydroxyl groups is 1. The Hall–Kier alpha value is -1.63. The van der Waals surface area contributed by atoms with Gasteiger partial charge in [0.05, 0.1) is 0 Å². The van der Waals surface area contributed by atoms with Crippen LogP contribution in [0.3, 0.4) is 0 Å². The minimum atomic E-state index is -0.394. The second kappa shape index (κ2) is 5.13. The lowest BCUT2D eigenvalue weighted by molar-refractivity contribution is 0.0863. The van der Waals surface area contributed by atoms with Crippen molar-refractivity contribution in [3.63, 3.8) is 0 Å². The van der Waals surface area contributed by atoms with E-state index in [1.54, 1.807) is 0 Å². The van der Waals surface area contributed by atoms with Crippen molar-refractivity contribution in [2.75, 3.05) is 12.3 Å². The van der Waals surface area contributed by atoms with E-state index in [1.165, 1.54) is 0 Å². The van der Waals surface area contributed by atoms with Crippen LogP contribution in [0.5, 0.6) is 0 Å². The summed E-state index contributed by atoms with van der Waals surface area (Å²) in [7, 11) is 0. The number of aromatic nitrogens is 2. The molecular formula is C10H16N4O3. The topological polar surface area (TPSA) is 114 Å². The predicted octanol–water partition coefficient (Wildman–Crippen LogP) is -0.0673. The Morgan fingerprint density at radius 1 is 1.47 bits per heavy atom. The highest BCUT2D eigenvalue weighted by Crippen LogP contribution is 2.24. The van der Waals surface area contributed by atoms with Gasteiger partial charge in [0.25, 0.3) is 5.91 Å². The van der Waals surface area contributed by atoms with E-state index in [1.807, 2.05) is 0 Å². The monoisotopic (exact) mass is 240 g/mol. The normalized spacial score (nSPS) is 24.5. The Labute approximate surface area is 98.3 Å². The maximum Gasteiger partial charge on any atom is 0.277 e. The Balaban J connectivity index is 2.00. The van der Waals surface area contributed by atoms with Crippen molar-refractivity contribution in [3.05, 3.63) is 5.69 Å². The van der Waals surface area contributed by atoms with Gasteiger partial charge in [-0.05, 0) is 23.2 Å². The predicted molar refractivity (Wildman–Crippen MR) is 59.0 cm³/mol. The quantitative estimate of drug-likeness (QED) is 0.681. The summed E-state index contributed by atoms with van der Waals surface area (Å²) < 4.78 is 4.37. The smallest absolute Gasteiger partial charge is 0.277 e. The van der Waals surface area contributed by atoms with Gasteiger partial charge in [-0.1, -0.05) is 12.8 Å². The molecule has 0 spiro atoms. The zero-order valence-electron chi connectivity index (χ0n) is 9.43. The molecule has 0 saturated heterocycles. The molecule has 1 saturated carbocycles. The molecule has 7 nitrogen and oxygen atoms in total. The van der Waals surface area contributed by atoms with Gasteiger partial charge in [-0.3, -0.25) is 4.79 Å². The van der Waals surface area contributed by atoms with E-state index in [-0.39, 0.29) is 30.1 Å². The fourth-order valence-corrected chi connectivity index (χ4v) is 2.21. The lowest BCUT2D eigenvalue weighted by atomic mass is 9.85. The van der Waals surface area contributed by atoms with Gasteiger partial charge in [-0.2, -0.15) is 0 Å². The third kappa shape index (κ3) is 2.55. The molecule has 1 aromatic heterocycles. The van der Waals surface area contributed by atoms with Crippen LogP contribution in [0.25, 0.3) is 0 Å². The van der Waals surface area contributed by atoms with Crippen LogP contribution in [0.15, 0.2) is 4.63 Å². The number of carbonyl (C=O) groups excluding carboxylic acids is 1. The molecule has 1 aromatic rings. The largest absolute Gasteiger partial charge is 0.396 e. The van der Waals surface area contributed by atoms with Crippen molar-refractivity contribution >= 4 is 11.7 Å². The molecule has 0 radical (unpaired) electrons. The standard InChI is InChI=1S/C10H16N4O3/c11-9-8(13-17-14-9)10(16)12-7-4-2-1-3-6(7)5-15/h6-7,15H,1-5H2,(H2,11,14)(H,12,16). The van der Waals surface area contributed by atoms with Crippen molar-refractivity contribution < 1.29 is 14.5 Å². The van der Waals surface area contributed by atoms with Crippen molar-refractivity contribution in [2.45, 2.75) is 31.7 Å². The Morgan fingerprint density at radius 3 is 2.88 bits per heavy atom. The average molecular weight is 240 g/mol. The summed E-state index contributed by atoms with van der Waals surface area (Å²) in [5.41, 5.74) is 5.44. The first-order valence-corrected chi connectivity index (χ1v) is 5.72. The van der Waals surface area contributed by atoms with Gasteiger partial charge in [0.15, 0.2) is 0 Å². The summed E-state index contributed by atoms with van der Waals surface area (Å²) in [6.45, 7) is 0.0808. The number of rotatable bonds is 3. The molecule has 1 aliphatic rings. The first kappa shape index (κ1) is 11.8. The van der Waals surface area contributed by atoms with Crippen molar-refractivity contribution in [3.8, 4) is 0 Å².